The smallest absolute Gasteiger partial charge is 0.243 e. The number of anilines is 2. The van der Waals surface area contributed by atoms with Crippen molar-refractivity contribution in [1.29, 1.82) is 0 Å². The molecule has 0 aromatic heterocycles. The van der Waals surface area contributed by atoms with Gasteiger partial charge in [0.25, 0.3) is 0 Å². The van der Waals surface area contributed by atoms with Crippen LogP contribution in [0.5, 0.6) is 5.75 Å². The summed E-state index contributed by atoms with van der Waals surface area (Å²) >= 11 is 12.0. The number of hydrogen-bond acceptors (Lipinski definition) is 3. The Hall–Kier alpha value is -1.91. The lowest BCUT2D eigenvalue weighted by Crippen LogP contribution is -2.21. The summed E-state index contributed by atoms with van der Waals surface area (Å²) in [6.45, 7) is 3.03. The van der Waals surface area contributed by atoms with Gasteiger partial charge in [-0.3, -0.25) is 4.79 Å². The number of hydrogen-bond donors (Lipinski definition) is 2. The molecule has 6 heteroatoms. The molecule has 2 N–H and O–H groups in total. The number of amides is 1. The Morgan fingerprint density at radius 3 is 2.63 bits per heavy atom. The molecule has 0 radical (unpaired) electrons. The molecule has 0 atom stereocenters. The third-order valence-electron chi connectivity index (χ3n) is 4.03. The second-order valence-corrected chi connectivity index (χ2v) is 7.08. The predicted molar refractivity (Wildman–Crippen MR) is 114 cm³/mol. The molecule has 0 bridgehead atoms. The summed E-state index contributed by atoms with van der Waals surface area (Å²) in [5, 5.41) is 6.57. The van der Waals surface area contributed by atoms with E-state index in [0.717, 1.165) is 17.9 Å². The number of nitrogens with one attached hydrogen (secondary N) is 2. The molecular weight excluding hydrogens is 383 g/mol. The minimum absolute atomic E-state index is 0.114. The van der Waals surface area contributed by atoms with Crippen LogP contribution in [0.15, 0.2) is 42.5 Å². The highest BCUT2D eigenvalue weighted by molar-refractivity contribution is 6.44. The summed E-state index contributed by atoms with van der Waals surface area (Å²) in [6.07, 6.45) is 6.03. The van der Waals surface area contributed by atoms with Gasteiger partial charge in [-0.25, -0.2) is 0 Å². The van der Waals surface area contributed by atoms with E-state index >= 15 is 0 Å². The van der Waals surface area contributed by atoms with Gasteiger partial charge in [0, 0.05) is 11.8 Å². The summed E-state index contributed by atoms with van der Waals surface area (Å²) in [5.41, 5.74) is 1.32. The quantitative estimate of drug-likeness (QED) is 0.423. The fraction of sp³-hybridized carbons (Fsp3) is 0.381. The Kier molecular flexibility index (Phi) is 9.29. The zero-order chi connectivity index (χ0) is 19.5. The van der Waals surface area contributed by atoms with Gasteiger partial charge in [0.15, 0.2) is 0 Å². The van der Waals surface area contributed by atoms with Crippen molar-refractivity contribution in [3.63, 3.8) is 0 Å². The summed E-state index contributed by atoms with van der Waals surface area (Å²) in [4.78, 5) is 12.1. The molecule has 0 unspecified atom stereocenters. The van der Waals surface area contributed by atoms with E-state index < -0.39 is 0 Å². The molecule has 1 amide bonds. The highest BCUT2D eigenvalue weighted by Gasteiger charge is 2.08. The lowest BCUT2D eigenvalue weighted by Gasteiger charge is -2.11. The van der Waals surface area contributed by atoms with Crippen LogP contribution in [0.4, 0.5) is 11.4 Å². The number of rotatable bonds is 11. The Bertz CT molecular complexity index is 738. The van der Waals surface area contributed by atoms with Gasteiger partial charge in [0.1, 0.15) is 5.75 Å². The maximum Gasteiger partial charge on any atom is 0.243 e. The van der Waals surface area contributed by atoms with E-state index in [9.17, 15) is 4.79 Å². The van der Waals surface area contributed by atoms with E-state index in [1.165, 1.54) is 25.7 Å². The van der Waals surface area contributed by atoms with E-state index in [4.69, 9.17) is 27.9 Å². The molecular formula is C21H26Cl2N2O2. The second kappa shape index (κ2) is 11.7. The normalized spacial score (nSPS) is 10.5. The van der Waals surface area contributed by atoms with Crippen molar-refractivity contribution in [2.24, 2.45) is 0 Å². The molecule has 2 aromatic rings. The third-order valence-corrected chi connectivity index (χ3v) is 4.85. The molecule has 146 valence electrons. The first kappa shape index (κ1) is 21.4. The first-order valence-corrected chi connectivity index (χ1v) is 10.1. The summed E-state index contributed by atoms with van der Waals surface area (Å²) in [7, 11) is 0. The van der Waals surface area contributed by atoms with Crippen LogP contribution in [0, 0.1) is 0 Å². The van der Waals surface area contributed by atoms with E-state index in [1.807, 2.05) is 24.3 Å². The standard InChI is InChI=1S/C21H26Cl2N2O2/c1-2-3-4-5-6-13-27-17-10-7-9-16(14-17)24-15-20(26)25-19-12-8-11-18(22)21(19)23/h7-12,14,24H,2-6,13,15H2,1H3,(H,25,26). The number of halogens is 2. The van der Waals surface area contributed by atoms with Crippen LogP contribution >= 0.6 is 23.2 Å². The number of ether oxygens (including phenoxy) is 1. The SMILES string of the molecule is CCCCCCCOc1cccc(NCC(=O)Nc2cccc(Cl)c2Cl)c1. The van der Waals surface area contributed by atoms with E-state index in [1.54, 1.807) is 18.2 Å². The monoisotopic (exact) mass is 408 g/mol. The van der Waals surface area contributed by atoms with Crippen LogP contribution in [-0.4, -0.2) is 19.1 Å². The molecule has 0 saturated heterocycles. The maximum atomic E-state index is 12.1. The highest BCUT2D eigenvalue weighted by atomic mass is 35.5. The maximum absolute atomic E-state index is 12.1. The fourth-order valence-electron chi connectivity index (χ4n) is 2.57. The van der Waals surface area contributed by atoms with Gasteiger partial charge in [-0.2, -0.15) is 0 Å². The molecule has 0 aliphatic carbocycles. The molecule has 4 nitrogen and oxygen atoms in total. The van der Waals surface area contributed by atoms with Gasteiger partial charge in [0.05, 0.1) is 28.9 Å². The van der Waals surface area contributed by atoms with Crippen molar-refractivity contribution < 1.29 is 9.53 Å². The van der Waals surface area contributed by atoms with E-state index in [0.29, 0.717) is 22.3 Å². The second-order valence-electron chi connectivity index (χ2n) is 6.29. The first-order valence-electron chi connectivity index (χ1n) is 9.30. The van der Waals surface area contributed by atoms with Crippen LogP contribution < -0.4 is 15.4 Å². The number of carbonyl (C=O) groups is 1. The zero-order valence-corrected chi connectivity index (χ0v) is 17.1. The van der Waals surface area contributed by atoms with Crippen LogP contribution in [0.3, 0.4) is 0 Å². The van der Waals surface area contributed by atoms with Gasteiger partial charge in [-0.15, -0.1) is 0 Å². The third kappa shape index (κ3) is 7.69. The van der Waals surface area contributed by atoms with Crippen LogP contribution in [0.25, 0.3) is 0 Å². The summed E-state index contributed by atoms with van der Waals surface area (Å²) in [5.74, 6) is 0.593. The van der Waals surface area contributed by atoms with E-state index in [-0.39, 0.29) is 12.5 Å². The van der Waals surface area contributed by atoms with Crippen LogP contribution in [-0.2, 0) is 4.79 Å². The van der Waals surface area contributed by atoms with Gasteiger partial charge in [0.2, 0.25) is 5.91 Å². The first-order chi connectivity index (χ1) is 13.1. The van der Waals surface area contributed by atoms with Gasteiger partial charge >= 0.3 is 0 Å². The molecule has 0 heterocycles. The number of carbonyl (C=O) groups excluding carboxylic acids is 1. The van der Waals surface area contributed by atoms with Crippen molar-refractivity contribution in [3.05, 3.63) is 52.5 Å². The topological polar surface area (TPSA) is 50.4 Å². The van der Waals surface area contributed by atoms with Crippen molar-refractivity contribution in [2.75, 3.05) is 23.8 Å². The van der Waals surface area contributed by atoms with Crippen LogP contribution in [0.2, 0.25) is 10.0 Å². The van der Waals surface area contributed by atoms with Gasteiger partial charge in [-0.05, 0) is 30.7 Å². The number of benzene rings is 2. The Labute approximate surface area is 171 Å². The molecule has 0 spiro atoms. The molecule has 0 saturated carbocycles. The molecule has 2 aromatic carbocycles. The Balaban J connectivity index is 1.76. The summed E-state index contributed by atoms with van der Waals surface area (Å²) < 4.78 is 5.79. The average molecular weight is 409 g/mol. The fourth-order valence-corrected chi connectivity index (χ4v) is 2.92. The summed E-state index contributed by atoms with van der Waals surface area (Å²) in [6, 6.07) is 12.7. The van der Waals surface area contributed by atoms with Gasteiger partial charge in [-0.1, -0.05) is 67.9 Å². The van der Waals surface area contributed by atoms with Crippen molar-refractivity contribution in [1.82, 2.24) is 0 Å². The minimum Gasteiger partial charge on any atom is -0.494 e. The van der Waals surface area contributed by atoms with Gasteiger partial charge < -0.3 is 15.4 Å². The average Bonchev–Trinajstić information content (AvgIpc) is 2.67. The van der Waals surface area contributed by atoms with Crippen molar-refractivity contribution >= 4 is 40.5 Å². The largest absolute Gasteiger partial charge is 0.494 e. The van der Waals surface area contributed by atoms with E-state index in [2.05, 4.69) is 17.6 Å². The Morgan fingerprint density at radius 2 is 1.81 bits per heavy atom. The highest BCUT2D eigenvalue weighted by Crippen LogP contribution is 2.29. The molecule has 0 fully saturated rings. The number of unbranched alkanes of at least 4 members (excludes halogenated alkanes) is 4. The lowest BCUT2D eigenvalue weighted by molar-refractivity contribution is -0.114. The minimum atomic E-state index is -0.207. The predicted octanol–water partition coefficient (Wildman–Crippen LogP) is 6.39. The molecule has 0 aliphatic rings. The molecule has 27 heavy (non-hydrogen) atoms. The molecule has 2 rings (SSSR count). The lowest BCUT2D eigenvalue weighted by atomic mass is 10.2. The van der Waals surface area contributed by atoms with Crippen molar-refractivity contribution in [3.8, 4) is 5.75 Å². The van der Waals surface area contributed by atoms with Crippen molar-refractivity contribution in [2.45, 2.75) is 39.0 Å². The zero-order valence-electron chi connectivity index (χ0n) is 15.6. The Morgan fingerprint density at radius 1 is 1.04 bits per heavy atom. The van der Waals surface area contributed by atoms with Crippen LogP contribution in [0.1, 0.15) is 39.0 Å². The molecule has 0 aliphatic heterocycles.